The van der Waals surface area contributed by atoms with Gasteiger partial charge in [-0.2, -0.15) is 0 Å². The van der Waals surface area contributed by atoms with E-state index < -0.39 is 23.2 Å². The molecule has 1 saturated heterocycles. The summed E-state index contributed by atoms with van der Waals surface area (Å²) in [5.41, 5.74) is 0.689. The highest BCUT2D eigenvalue weighted by Crippen LogP contribution is 2.38. The van der Waals surface area contributed by atoms with Crippen LogP contribution in [0.1, 0.15) is 32.8 Å². The molecule has 0 saturated carbocycles. The zero-order chi connectivity index (χ0) is 21.0. The lowest BCUT2D eigenvalue weighted by Gasteiger charge is -2.18. The lowest BCUT2D eigenvalue weighted by atomic mass is 10.1. The zero-order valence-corrected chi connectivity index (χ0v) is 19.3. The molecule has 152 valence electrons. The summed E-state index contributed by atoms with van der Waals surface area (Å²) in [5.74, 6) is 0.00995. The number of amides is 2. The van der Waals surface area contributed by atoms with E-state index in [9.17, 15) is 14.4 Å². The quantitative estimate of drug-likeness (QED) is 0.305. The van der Waals surface area contributed by atoms with Gasteiger partial charge in [-0.3, -0.25) is 14.5 Å². The van der Waals surface area contributed by atoms with Crippen LogP contribution in [0.4, 0.5) is 4.79 Å². The van der Waals surface area contributed by atoms with Gasteiger partial charge in [0.15, 0.2) is 11.5 Å². The van der Waals surface area contributed by atoms with Gasteiger partial charge in [-0.05, 0) is 78.4 Å². The minimum atomic E-state index is -0.982. The maximum atomic E-state index is 12.6. The Hall–Kier alpha value is -1.75. The number of hydrogen-bond donors (Lipinski definition) is 0. The van der Waals surface area contributed by atoms with Crippen LogP contribution in [-0.4, -0.2) is 48.4 Å². The van der Waals surface area contributed by atoms with Crippen molar-refractivity contribution in [3.63, 3.8) is 0 Å². The molecule has 0 aliphatic carbocycles. The summed E-state index contributed by atoms with van der Waals surface area (Å²) in [7, 11) is 2.76. The second-order valence-electron chi connectivity index (χ2n) is 6.12. The highest BCUT2D eigenvalue weighted by atomic mass is 127. The number of ether oxygens (including phenoxy) is 3. The number of thioether (sulfide) groups is 1. The monoisotopic (exact) mass is 519 g/mol. The van der Waals surface area contributed by atoms with Crippen molar-refractivity contribution in [2.45, 2.75) is 39.3 Å². The van der Waals surface area contributed by atoms with E-state index in [1.54, 1.807) is 19.3 Å². The molecule has 2 amide bonds. The average molecular weight is 519 g/mol. The molecule has 1 fully saturated rings. The Bertz CT molecular complexity index is 825. The Morgan fingerprint density at radius 3 is 2.54 bits per heavy atom. The minimum absolute atomic E-state index is 0.0320. The van der Waals surface area contributed by atoms with E-state index in [2.05, 4.69) is 27.3 Å². The number of methoxy groups -OCH3 is 2. The van der Waals surface area contributed by atoms with E-state index in [-0.39, 0.29) is 11.0 Å². The van der Waals surface area contributed by atoms with Crippen molar-refractivity contribution in [3.05, 3.63) is 26.2 Å². The molecule has 1 aliphatic rings. The van der Waals surface area contributed by atoms with E-state index in [1.807, 2.05) is 19.9 Å². The van der Waals surface area contributed by atoms with Crippen molar-refractivity contribution in [2.24, 2.45) is 0 Å². The smallest absolute Gasteiger partial charge is 0.328 e. The van der Waals surface area contributed by atoms with Crippen LogP contribution in [-0.2, 0) is 14.3 Å². The number of carbonyl (C=O) groups excluding carboxylic acids is 3. The van der Waals surface area contributed by atoms with Crippen molar-refractivity contribution in [2.75, 3.05) is 14.2 Å². The van der Waals surface area contributed by atoms with Gasteiger partial charge in [0.2, 0.25) is 0 Å². The normalized spacial score (nSPS) is 17.6. The van der Waals surface area contributed by atoms with Crippen molar-refractivity contribution in [3.8, 4) is 11.5 Å². The Balaban J connectivity index is 2.35. The molecule has 0 bridgehead atoms. The van der Waals surface area contributed by atoms with Gasteiger partial charge in [0, 0.05) is 0 Å². The molecule has 7 nitrogen and oxygen atoms in total. The number of hydrogen-bond acceptors (Lipinski definition) is 7. The summed E-state index contributed by atoms with van der Waals surface area (Å²) in [6, 6.07) is 2.61. The number of imide groups is 1. The molecule has 0 radical (unpaired) electrons. The van der Waals surface area contributed by atoms with Crippen molar-refractivity contribution in [1.29, 1.82) is 0 Å². The van der Waals surface area contributed by atoms with E-state index in [0.717, 1.165) is 26.7 Å². The van der Waals surface area contributed by atoms with Crippen molar-refractivity contribution < 1.29 is 28.6 Å². The minimum Gasteiger partial charge on any atom is -0.493 e. The Labute approximate surface area is 181 Å². The fraction of sp³-hybridized carbons (Fsp3) is 0.421. The van der Waals surface area contributed by atoms with Crippen LogP contribution < -0.4 is 9.47 Å². The number of halogens is 1. The first-order chi connectivity index (χ1) is 13.2. The zero-order valence-electron chi connectivity index (χ0n) is 16.3. The predicted octanol–water partition coefficient (Wildman–Crippen LogP) is 4.07. The number of esters is 1. The summed E-state index contributed by atoms with van der Waals surface area (Å²) in [5, 5.41) is -0.507. The third kappa shape index (κ3) is 4.80. The fourth-order valence-electron chi connectivity index (χ4n) is 2.46. The molecule has 1 aromatic rings. The van der Waals surface area contributed by atoms with Crippen LogP contribution in [0.3, 0.4) is 0 Å². The molecule has 0 spiro atoms. The lowest BCUT2D eigenvalue weighted by Crippen LogP contribution is -2.42. The van der Waals surface area contributed by atoms with Gasteiger partial charge in [0.25, 0.3) is 11.1 Å². The Kier molecular flexibility index (Phi) is 7.76. The van der Waals surface area contributed by atoms with Crippen LogP contribution >= 0.6 is 34.4 Å². The van der Waals surface area contributed by atoms with Crippen LogP contribution in [0.25, 0.3) is 6.08 Å². The number of carbonyl (C=O) groups is 3. The van der Waals surface area contributed by atoms with Crippen molar-refractivity contribution in [1.82, 2.24) is 4.90 Å². The third-order valence-electron chi connectivity index (χ3n) is 4.20. The molecule has 28 heavy (non-hydrogen) atoms. The third-order valence-corrected chi connectivity index (χ3v) is 5.88. The maximum absolute atomic E-state index is 12.6. The van der Waals surface area contributed by atoms with Gasteiger partial charge in [-0.25, -0.2) is 4.79 Å². The molecule has 1 heterocycles. The van der Waals surface area contributed by atoms with Crippen LogP contribution in [0, 0.1) is 3.57 Å². The highest BCUT2D eigenvalue weighted by molar-refractivity contribution is 14.1. The SMILES string of the molecule is CC[C@H](C)Oc1c(I)cc(/C=C2/SC(=O)N([C@H](C)C(=O)OC)C2=O)cc1OC. The topological polar surface area (TPSA) is 82.1 Å². The predicted molar refractivity (Wildman–Crippen MR) is 115 cm³/mol. The molecule has 1 aliphatic heterocycles. The Morgan fingerprint density at radius 2 is 1.96 bits per heavy atom. The molecular formula is C19H22INO6S. The molecule has 1 aromatic carbocycles. The Morgan fingerprint density at radius 1 is 1.29 bits per heavy atom. The van der Waals surface area contributed by atoms with Gasteiger partial charge >= 0.3 is 5.97 Å². The van der Waals surface area contributed by atoms with Gasteiger partial charge in [-0.1, -0.05) is 6.92 Å². The molecule has 0 N–H and O–H groups in total. The van der Waals surface area contributed by atoms with E-state index in [1.165, 1.54) is 14.0 Å². The largest absolute Gasteiger partial charge is 0.493 e. The summed E-state index contributed by atoms with van der Waals surface area (Å²) >= 11 is 2.93. The second kappa shape index (κ2) is 9.64. The van der Waals surface area contributed by atoms with Gasteiger partial charge in [0.1, 0.15) is 6.04 Å². The summed E-state index contributed by atoms with van der Waals surface area (Å²) in [6.45, 7) is 5.46. The van der Waals surface area contributed by atoms with Gasteiger partial charge in [0.05, 0.1) is 28.8 Å². The summed E-state index contributed by atoms with van der Waals surface area (Å²) in [4.78, 5) is 37.7. The lowest BCUT2D eigenvalue weighted by molar-refractivity contribution is -0.148. The van der Waals surface area contributed by atoms with E-state index >= 15 is 0 Å². The molecule has 9 heteroatoms. The molecule has 2 atom stereocenters. The second-order valence-corrected chi connectivity index (χ2v) is 8.28. The van der Waals surface area contributed by atoms with Gasteiger partial charge in [-0.15, -0.1) is 0 Å². The standard InChI is InChI=1S/C19H22INO6S/c1-6-10(2)27-16-13(20)7-12(8-14(16)25-4)9-15-17(22)21(19(24)28-15)11(3)18(23)26-5/h7-11H,6H2,1-5H3/b15-9+/t10-,11+/m0/s1. The van der Waals surface area contributed by atoms with E-state index in [0.29, 0.717) is 17.1 Å². The number of benzene rings is 1. The van der Waals surface area contributed by atoms with Gasteiger partial charge < -0.3 is 14.2 Å². The number of rotatable bonds is 7. The fourth-order valence-corrected chi connectivity index (χ4v) is 4.12. The molecular weight excluding hydrogens is 497 g/mol. The molecule has 0 aromatic heterocycles. The first-order valence-electron chi connectivity index (χ1n) is 8.62. The maximum Gasteiger partial charge on any atom is 0.328 e. The molecule has 2 rings (SSSR count). The first kappa shape index (κ1) is 22.5. The van der Waals surface area contributed by atoms with Crippen molar-refractivity contribution >= 4 is 57.5 Å². The summed E-state index contributed by atoms with van der Waals surface area (Å²) < 4.78 is 16.8. The van der Waals surface area contributed by atoms with Crippen LogP contribution in [0.15, 0.2) is 17.0 Å². The molecule has 0 unspecified atom stereocenters. The number of nitrogens with zero attached hydrogens (tertiary/aromatic N) is 1. The first-order valence-corrected chi connectivity index (χ1v) is 10.5. The average Bonchev–Trinajstić information content (AvgIpc) is 2.95. The van der Waals surface area contributed by atoms with Crippen LogP contribution in [0.5, 0.6) is 11.5 Å². The highest BCUT2D eigenvalue weighted by Gasteiger charge is 2.41. The summed E-state index contributed by atoms with van der Waals surface area (Å²) in [6.07, 6.45) is 2.49. The van der Waals surface area contributed by atoms with E-state index in [4.69, 9.17) is 9.47 Å². The van der Waals surface area contributed by atoms with Crippen LogP contribution in [0.2, 0.25) is 0 Å².